The first-order chi connectivity index (χ1) is 18.9. The Bertz CT molecular complexity index is 1400. The van der Waals surface area contributed by atoms with Crippen LogP contribution in [0.4, 0.5) is 0 Å². The number of hydrogen-bond donors (Lipinski definition) is 6. The molecule has 8 nitrogen and oxygen atoms in total. The fourth-order valence-electron chi connectivity index (χ4n) is 2.68. The summed E-state index contributed by atoms with van der Waals surface area (Å²) in [5.41, 5.74) is 0.637. The highest BCUT2D eigenvalue weighted by Crippen LogP contribution is 2.36. The van der Waals surface area contributed by atoms with Crippen molar-refractivity contribution >= 4 is 110 Å². The molecule has 0 unspecified atom stereocenters. The van der Waals surface area contributed by atoms with E-state index in [0.717, 1.165) is 6.08 Å². The minimum absolute atomic E-state index is 0.0206. The largest absolute Gasteiger partial charge is 0.507 e. The summed E-state index contributed by atoms with van der Waals surface area (Å²) in [6.07, 6.45) is 7.86. The lowest BCUT2D eigenvalue weighted by atomic mass is 10.1. The standard InChI is InChI=1S/C27H24I3N3O5S2/c1-7-13(22(36)19(28)16(34)10-4)25-31-26(14(8-2)23(39)20(29)17(35)11-5)33-27(32-25)15(9-3)24(40)21(30)18(12-6)38-37/h7-12,34-37,39-40H,1-6H2/b19-16-,20-17-,21-18-,22-13-,23-14-,24-15-. The molecule has 0 aromatic carbocycles. The van der Waals surface area contributed by atoms with Crippen molar-refractivity contribution < 1.29 is 25.5 Å². The molecule has 0 aliphatic rings. The Labute approximate surface area is 284 Å². The molecule has 0 amide bonds. The zero-order valence-electron chi connectivity index (χ0n) is 20.8. The fourth-order valence-corrected chi connectivity index (χ4v) is 4.92. The molecule has 0 radical (unpaired) electrons. The number of aliphatic hydroxyl groups is 3. The summed E-state index contributed by atoms with van der Waals surface area (Å²) in [6, 6.07) is 0. The van der Waals surface area contributed by atoms with Gasteiger partial charge < -0.3 is 20.2 Å². The molecule has 0 atom stereocenters. The van der Waals surface area contributed by atoms with Gasteiger partial charge in [0.05, 0.1) is 16.3 Å². The molecule has 0 bridgehead atoms. The molecule has 0 fully saturated rings. The van der Waals surface area contributed by atoms with Crippen molar-refractivity contribution in [3.63, 3.8) is 0 Å². The van der Waals surface area contributed by atoms with Crippen LogP contribution in [0.15, 0.2) is 120 Å². The maximum absolute atomic E-state index is 11.0. The second-order valence-corrected chi connectivity index (χ2v) is 11.1. The SMILES string of the molecule is C=C/C(O)=C(I)\C(O)=C(/C=C)c1nc(/C(C=C)=C(S)/C(I)=C(/O)C=C)nc(/C(C=C)=C(S)/C(I)=C(\C=C)OO)n1. The summed E-state index contributed by atoms with van der Waals surface area (Å²) >= 11 is 14.6. The normalized spacial score (nSPS) is 15.1. The number of rotatable bonds is 13. The number of thiol groups is 2. The van der Waals surface area contributed by atoms with Gasteiger partial charge in [-0.1, -0.05) is 57.7 Å². The Hall–Kier alpha value is -2.06. The molecule has 0 spiro atoms. The van der Waals surface area contributed by atoms with Crippen molar-refractivity contribution in [2.75, 3.05) is 0 Å². The third kappa shape index (κ3) is 8.48. The molecule has 1 aromatic rings. The molecule has 0 saturated heterocycles. The number of nitrogens with zero attached hydrogens (tertiary/aromatic N) is 3. The summed E-state index contributed by atoms with van der Waals surface area (Å²) in [5.74, 6) is -0.722. The topological polar surface area (TPSA) is 129 Å². The number of allylic oxidation sites excluding steroid dienone is 12. The first kappa shape index (κ1) is 36.0. The van der Waals surface area contributed by atoms with Gasteiger partial charge in [-0.05, 0) is 86.0 Å². The van der Waals surface area contributed by atoms with E-state index in [1.807, 2.05) is 45.2 Å². The van der Waals surface area contributed by atoms with Crippen LogP contribution in [-0.2, 0) is 4.89 Å². The van der Waals surface area contributed by atoms with Crippen molar-refractivity contribution in [3.8, 4) is 0 Å². The van der Waals surface area contributed by atoms with Crippen LogP contribution in [0, 0.1) is 0 Å². The van der Waals surface area contributed by atoms with Gasteiger partial charge in [0.25, 0.3) is 0 Å². The van der Waals surface area contributed by atoms with Crippen molar-refractivity contribution in [2.24, 2.45) is 0 Å². The predicted molar refractivity (Wildman–Crippen MR) is 194 cm³/mol. The van der Waals surface area contributed by atoms with Crippen LogP contribution in [0.3, 0.4) is 0 Å². The molecular formula is C27H24I3N3O5S2. The van der Waals surface area contributed by atoms with E-state index in [1.165, 1.54) is 30.4 Å². The lowest BCUT2D eigenvalue weighted by Gasteiger charge is -2.14. The van der Waals surface area contributed by atoms with E-state index < -0.39 is 0 Å². The maximum Gasteiger partial charge on any atom is 0.178 e. The molecule has 1 heterocycles. The summed E-state index contributed by atoms with van der Waals surface area (Å²) in [6.45, 7) is 22.1. The molecule has 0 aliphatic carbocycles. The van der Waals surface area contributed by atoms with Crippen molar-refractivity contribution in [3.05, 3.63) is 137 Å². The van der Waals surface area contributed by atoms with Gasteiger partial charge >= 0.3 is 0 Å². The first-order valence-corrected chi connectivity index (χ1v) is 14.7. The average molecular weight is 915 g/mol. The van der Waals surface area contributed by atoms with E-state index in [-0.39, 0.29) is 59.5 Å². The van der Waals surface area contributed by atoms with Gasteiger partial charge in [-0.3, -0.25) is 0 Å². The minimum Gasteiger partial charge on any atom is -0.507 e. The second-order valence-electron chi connectivity index (χ2n) is 6.99. The van der Waals surface area contributed by atoms with Gasteiger partial charge in [0.1, 0.15) is 17.3 Å². The summed E-state index contributed by atoms with van der Waals surface area (Å²) in [7, 11) is 0. The zero-order valence-corrected chi connectivity index (χ0v) is 29.0. The van der Waals surface area contributed by atoms with Gasteiger partial charge in [0, 0.05) is 21.0 Å². The van der Waals surface area contributed by atoms with Crippen LogP contribution in [0.5, 0.6) is 0 Å². The van der Waals surface area contributed by atoms with E-state index in [4.69, 9.17) is 0 Å². The van der Waals surface area contributed by atoms with Crippen LogP contribution in [0.2, 0.25) is 0 Å². The second kappa shape index (κ2) is 17.0. The molecule has 1 aromatic heterocycles. The van der Waals surface area contributed by atoms with Crippen LogP contribution in [0.1, 0.15) is 17.5 Å². The molecule has 210 valence electrons. The van der Waals surface area contributed by atoms with E-state index >= 15 is 0 Å². The molecular weight excluding hydrogens is 891 g/mol. The van der Waals surface area contributed by atoms with Crippen LogP contribution in [-0.4, -0.2) is 35.5 Å². The monoisotopic (exact) mass is 915 g/mol. The quantitative estimate of drug-likeness (QED) is 0.0289. The highest BCUT2D eigenvalue weighted by molar-refractivity contribution is 14.1. The maximum atomic E-state index is 11.0. The minimum atomic E-state index is -0.377. The summed E-state index contributed by atoms with van der Waals surface area (Å²) < 4.78 is 0.763. The fraction of sp³-hybridized carbons (Fsp3) is 0. The van der Waals surface area contributed by atoms with E-state index in [9.17, 15) is 20.6 Å². The highest BCUT2D eigenvalue weighted by Gasteiger charge is 2.22. The predicted octanol–water partition coefficient (Wildman–Crippen LogP) is 9.08. The highest BCUT2D eigenvalue weighted by atomic mass is 127. The Balaban J connectivity index is 4.45. The Morgan fingerprint density at radius 3 is 1.32 bits per heavy atom. The van der Waals surface area contributed by atoms with Crippen molar-refractivity contribution in [2.45, 2.75) is 0 Å². The van der Waals surface area contributed by atoms with Gasteiger partial charge in [-0.15, -0.1) is 25.3 Å². The zero-order chi connectivity index (χ0) is 30.7. The molecule has 0 saturated carbocycles. The smallest absolute Gasteiger partial charge is 0.178 e. The van der Waals surface area contributed by atoms with Gasteiger partial charge in [0.2, 0.25) is 0 Å². The van der Waals surface area contributed by atoms with Crippen LogP contribution < -0.4 is 0 Å². The van der Waals surface area contributed by atoms with Crippen molar-refractivity contribution in [1.29, 1.82) is 0 Å². The Kier molecular flexibility index (Phi) is 15.3. The molecule has 0 aliphatic heterocycles. The molecule has 1 rings (SSSR count). The lowest BCUT2D eigenvalue weighted by molar-refractivity contribution is -0.198. The third-order valence-corrected chi connectivity index (χ3v) is 9.70. The van der Waals surface area contributed by atoms with Gasteiger partial charge in [-0.2, -0.15) is 0 Å². The Morgan fingerprint density at radius 1 is 0.600 bits per heavy atom. The number of halogens is 3. The summed E-state index contributed by atoms with van der Waals surface area (Å²) in [4.78, 5) is 18.5. The van der Waals surface area contributed by atoms with Crippen LogP contribution >= 0.6 is 93.0 Å². The average Bonchev–Trinajstić information content (AvgIpc) is 2.96. The number of aromatic nitrogens is 3. The molecule has 40 heavy (non-hydrogen) atoms. The lowest BCUT2D eigenvalue weighted by Crippen LogP contribution is -2.09. The van der Waals surface area contributed by atoms with Gasteiger partial charge in [0.15, 0.2) is 23.2 Å². The Morgan fingerprint density at radius 2 is 0.975 bits per heavy atom. The van der Waals surface area contributed by atoms with Crippen LogP contribution in [0.25, 0.3) is 16.7 Å². The number of aliphatic hydroxyl groups excluding tert-OH is 3. The number of hydrogen-bond acceptors (Lipinski definition) is 10. The third-order valence-electron chi connectivity index (χ3n) is 4.70. The van der Waals surface area contributed by atoms with E-state index in [1.54, 1.807) is 22.6 Å². The molecule has 4 N–H and O–H groups in total. The van der Waals surface area contributed by atoms with Gasteiger partial charge in [-0.25, -0.2) is 20.2 Å². The summed E-state index contributed by atoms with van der Waals surface area (Å²) in [5, 5.41) is 40.5. The van der Waals surface area contributed by atoms with E-state index in [2.05, 4.69) is 84.6 Å². The van der Waals surface area contributed by atoms with E-state index in [0.29, 0.717) is 18.3 Å². The molecule has 13 heteroatoms. The van der Waals surface area contributed by atoms with Crippen molar-refractivity contribution in [1.82, 2.24) is 15.0 Å². The first-order valence-electron chi connectivity index (χ1n) is 10.6.